The van der Waals surface area contributed by atoms with Crippen molar-refractivity contribution < 1.29 is 9.47 Å². The van der Waals surface area contributed by atoms with Gasteiger partial charge in [-0.05, 0) is 17.7 Å². The second-order valence-electron chi connectivity index (χ2n) is 3.87. The number of rotatable bonds is 5. The molecule has 1 aromatic heterocycles. The quantitative estimate of drug-likeness (QED) is 0.915. The predicted molar refractivity (Wildman–Crippen MR) is 77.7 cm³/mol. The minimum atomic E-state index is 0. The predicted octanol–water partition coefficient (Wildman–Crippen LogP) is 2.41. The van der Waals surface area contributed by atoms with Crippen molar-refractivity contribution in [2.24, 2.45) is 0 Å². The van der Waals surface area contributed by atoms with E-state index in [0.717, 1.165) is 22.7 Å². The molecule has 0 bridgehead atoms. The number of hydrogen-bond acceptors (Lipinski definition) is 4. The smallest absolute Gasteiger partial charge is 0.161 e. The van der Waals surface area contributed by atoms with Crippen molar-refractivity contribution >= 4 is 18.1 Å². The normalized spacial score (nSPS) is 9.63. The molecular formula is C13H18ClN3O2. The minimum absolute atomic E-state index is 0. The summed E-state index contributed by atoms with van der Waals surface area (Å²) in [4.78, 5) is 0. The van der Waals surface area contributed by atoms with E-state index in [4.69, 9.17) is 9.47 Å². The van der Waals surface area contributed by atoms with Crippen molar-refractivity contribution in [3.05, 3.63) is 36.2 Å². The second-order valence-corrected chi connectivity index (χ2v) is 3.87. The highest BCUT2D eigenvalue weighted by Crippen LogP contribution is 2.27. The van der Waals surface area contributed by atoms with Crippen LogP contribution in [0.5, 0.6) is 11.5 Å². The molecular weight excluding hydrogens is 266 g/mol. The van der Waals surface area contributed by atoms with Gasteiger partial charge in [-0.2, -0.15) is 5.10 Å². The summed E-state index contributed by atoms with van der Waals surface area (Å²) < 4.78 is 12.3. The molecule has 5 nitrogen and oxygen atoms in total. The highest BCUT2D eigenvalue weighted by molar-refractivity contribution is 5.85. The summed E-state index contributed by atoms with van der Waals surface area (Å²) in [5.41, 5.74) is 2.11. The summed E-state index contributed by atoms with van der Waals surface area (Å²) in [6, 6.07) is 5.86. The molecule has 0 aliphatic rings. The molecule has 6 heteroatoms. The van der Waals surface area contributed by atoms with E-state index in [1.165, 1.54) is 0 Å². The Hall–Kier alpha value is -1.88. The molecule has 19 heavy (non-hydrogen) atoms. The molecule has 0 unspecified atom stereocenters. The fraction of sp³-hybridized carbons (Fsp3) is 0.308. The number of nitrogens with one attached hydrogen (secondary N) is 1. The van der Waals surface area contributed by atoms with Crippen molar-refractivity contribution in [2.75, 3.05) is 26.6 Å². The van der Waals surface area contributed by atoms with E-state index in [0.29, 0.717) is 6.54 Å². The number of ether oxygens (including phenoxy) is 2. The van der Waals surface area contributed by atoms with E-state index >= 15 is 0 Å². The average molecular weight is 284 g/mol. The van der Waals surface area contributed by atoms with Crippen LogP contribution in [0.2, 0.25) is 0 Å². The lowest BCUT2D eigenvalue weighted by Gasteiger charge is -2.09. The fourth-order valence-corrected chi connectivity index (χ4v) is 1.75. The van der Waals surface area contributed by atoms with Crippen LogP contribution in [-0.4, -0.2) is 31.0 Å². The van der Waals surface area contributed by atoms with Gasteiger partial charge in [0.2, 0.25) is 0 Å². The summed E-state index contributed by atoms with van der Waals surface area (Å²) in [6.45, 7) is 0.696. The molecule has 1 heterocycles. The topological polar surface area (TPSA) is 48.3 Å². The van der Waals surface area contributed by atoms with E-state index in [1.54, 1.807) is 20.4 Å². The van der Waals surface area contributed by atoms with E-state index in [-0.39, 0.29) is 12.4 Å². The van der Waals surface area contributed by atoms with Gasteiger partial charge in [-0.3, -0.25) is 4.68 Å². The first kappa shape index (κ1) is 15.2. The number of halogens is 1. The molecule has 2 aromatic rings. The van der Waals surface area contributed by atoms with Crippen molar-refractivity contribution in [1.82, 2.24) is 9.78 Å². The fourth-order valence-electron chi connectivity index (χ4n) is 1.75. The first-order valence-electron chi connectivity index (χ1n) is 5.68. The zero-order valence-electron chi connectivity index (χ0n) is 11.2. The molecule has 2 rings (SSSR count). The first-order valence-corrected chi connectivity index (χ1v) is 5.68. The number of anilines is 1. The Bertz CT molecular complexity index is 528. The lowest BCUT2D eigenvalue weighted by atomic mass is 10.2. The molecule has 1 N–H and O–H groups in total. The van der Waals surface area contributed by atoms with Crippen LogP contribution in [0.25, 0.3) is 0 Å². The van der Waals surface area contributed by atoms with Crippen LogP contribution in [-0.2, 0) is 6.54 Å². The van der Waals surface area contributed by atoms with Gasteiger partial charge in [0.05, 0.1) is 32.6 Å². The van der Waals surface area contributed by atoms with Gasteiger partial charge in [0.15, 0.2) is 11.5 Å². The van der Waals surface area contributed by atoms with Gasteiger partial charge < -0.3 is 14.8 Å². The van der Waals surface area contributed by atoms with E-state index in [9.17, 15) is 0 Å². The first-order chi connectivity index (χ1) is 8.76. The molecule has 0 atom stereocenters. The Kier molecular flexibility index (Phi) is 5.51. The maximum Gasteiger partial charge on any atom is 0.161 e. The summed E-state index contributed by atoms with van der Waals surface area (Å²) in [5, 5.41) is 7.31. The molecule has 0 saturated heterocycles. The van der Waals surface area contributed by atoms with Crippen LogP contribution in [0.3, 0.4) is 0 Å². The maximum absolute atomic E-state index is 5.27. The third-order valence-electron chi connectivity index (χ3n) is 2.71. The molecule has 0 aliphatic carbocycles. The Morgan fingerprint density at radius 2 is 1.95 bits per heavy atom. The van der Waals surface area contributed by atoms with Crippen molar-refractivity contribution in [3.63, 3.8) is 0 Å². The van der Waals surface area contributed by atoms with Crippen LogP contribution in [0.15, 0.2) is 30.6 Å². The van der Waals surface area contributed by atoms with E-state index in [1.807, 2.05) is 36.1 Å². The molecule has 0 fully saturated rings. The largest absolute Gasteiger partial charge is 0.493 e. The Labute approximate surface area is 118 Å². The van der Waals surface area contributed by atoms with Crippen LogP contribution in [0.1, 0.15) is 5.56 Å². The zero-order valence-corrected chi connectivity index (χ0v) is 12.0. The molecule has 0 radical (unpaired) electrons. The number of methoxy groups -OCH3 is 2. The van der Waals surface area contributed by atoms with Crippen LogP contribution in [0.4, 0.5) is 5.69 Å². The van der Waals surface area contributed by atoms with Gasteiger partial charge in [-0.15, -0.1) is 12.4 Å². The third-order valence-corrected chi connectivity index (χ3v) is 2.71. The molecule has 0 saturated carbocycles. The lowest BCUT2D eigenvalue weighted by molar-refractivity contribution is 0.354. The third kappa shape index (κ3) is 3.54. The van der Waals surface area contributed by atoms with Gasteiger partial charge in [0.1, 0.15) is 0 Å². The minimum Gasteiger partial charge on any atom is -0.493 e. The Morgan fingerprint density at radius 3 is 2.53 bits per heavy atom. The SMILES string of the molecule is CNc1cnn(Cc2ccc(OC)c(OC)c2)c1.Cl. The molecule has 0 amide bonds. The molecule has 1 aromatic carbocycles. The van der Waals surface area contributed by atoms with Gasteiger partial charge in [-0.1, -0.05) is 6.07 Å². The summed E-state index contributed by atoms with van der Waals surface area (Å²) >= 11 is 0. The molecule has 104 valence electrons. The summed E-state index contributed by atoms with van der Waals surface area (Å²) in [5.74, 6) is 1.47. The number of benzene rings is 1. The van der Waals surface area contributed by atoms with Crippen LogP contribution < -0.4 is 14.8 Å². The van der Waals surface area contributed by atoms with Gasteiger partial charge in [0.25, 0.3) is 0 Å². The molecule has 0 aliphatic heterocycles. The summed E-state index contributed by atoms with van der Waals surface area (Å²) in [6.07, 6.45) is 3.75. The van der Waals surface area contributed by atoms with Crippen LogP contribution in [0, 0.1) is 0 Å². The highest BCUT2D eigenvalue weighted by Gasteiger charge is 2.05. The average Bonchev–Trinajstić information content (AvgIpc) is 2.86. The number of hydrogen-bond donors (Lipinski definition) is 1. The van der Waals surface area contributed by atoms with Gasteiger partial charge >= 0.3 is 0 Å². The van der Waals surface area contributed by atoms with E-state index < -0.39 is 0 Å². The van der Waals surface area contributed by atoms with Gasteiger partial charge in [-0.25, -0.2) is 0 Å². The number of nitrogens with zero attached hydrogens (tertiary/aromatic N) is 2. The van der Waals surface area contributed by atoms with E-state index in [2.05, 4.69) is 10.4 Å². The van der Waals surface area contributed by atoms with Crippen molar-refractivity contribution in [3.8, 4) is 11.5 Å². The standard InChI is InChI=1S/C13H17N3O2.ClH/c1-14-11-7-15-16(9-11)8-10-4-5-12(17-2)13(6-10)18-3;/h4-7,9,14H,8H2,1-3H3;1H. The van der Waals surface area contributed by atoms with Crippen molar-refractivity contribution in [2.45, 2.75) is 6.54 Å². The second kappa shape index (κ2) is 6.89. The Morgan fingerprint density at radius 1 is 1.21 bits per heavy atom. The Balaban J connectivity index is 0.00000180. The van der Waals surface area contributed by atoms with Crippen molar-refractivity contribution in [1.29, 1.82) is 0 Å². The monoisotopic (exact) mass is 283 g/mol. The zero-order chi connectivity index (χ0) is 13.0. The van der Waals surface area contributed by atoms with Gasteiger partial charge in [0, 0.05) is 13.2 Å². The highest BCUT2D eigenvalue weighted by atomic mass is 35.5. The molecule has 0 spiro atoms. The summed E-state index contributed by atoms with van der Waals surface area (Å²) in [7, 11) is 5.14. The lowest BCUT2D eigenvalue weighted by Crippen LogP contribution is -2.01. The maximum atomic E-state index is 5.27. The van der Waals surface area contributed by atoms with Crippen LogP contribution >= 0.6 is 12.4 Å². The number of aromatic nitrogens is 2.